The third-order valence-electron chi connectivity index (χ3n) is 1.25. The minimum Gasteiger partial charge on any atom is -0.412 e. The largest absolute Gasteiger partial charge is 0.412 e. The molecule has 0 saturated carbocycles. The van der Waals surface area contributed by atoms with Crippen LogP contribution in [0.3, 0.4) is 0 Å². The van der Waals surface area contributed by atoms with Crippen molar-refractivity contribution in [2.24, 2.45) is 0 Å². The van der Waals surface area contributed by atoms with Crippen molar-refractivity contribution < 1.29 is 5.48 Å². The summed E-state index contributed by atoms with van der Waals surface area (Å²) in [6, 6.07) is 0.410. The Bertz CT molecular complexity index is 196. The molecule has 0 fully saturated rings. The number of nitrogen functional groups attached to an aromatic ring is 1. The first-order valence-corrected chi connectivity index (χ1v) is 3.00. The fraction of sp³-hybridized carbons (Fsp3) is 0.500. The van der Waals surface area contributed by atoms with Crippen LogP contribution in [0, 0.1) is 0 Å². The van der Waals surface area contributed by atoms with Gasteiger partial charge < -0.3 is 21.9 Å². The highest BCUT2D eigenvalue weighted by Gasteiger charge is 1.98. The second-order valence-electron chi connectivity index (χ2n) is 2.29. The number of hydrogen-bond donors (Lipinski definition) is 2. The topological polar surface area (TPSA) is 110 Å². The van der Waals surface area contributed by atoms with Gasteiger partial charge in [-0.05, 0) is 13.8 Å². The van der Waals surface area contributed by atoms with Gasteiger partial charge >= 0.3 is 0 Å². The molecule has 5 nitrogen and oxygen atoms in total. The molecule has 7 N–H and O–H groups in total. The Kier molecular flexibility index (Phi) is 5.38. The van der Waals surface area contributed by atoms with Gasteiger partial charge in [0.05, 0.1) is 0 Å². The highest BCUT2D eigenvalue weighted by molar-refractivity contribution is 5.17. The molecule has 11 heavy (non-hydrogen) atoms. The summed E-state index contributed by atoms with van der Waals surface area (Å²) in [5.41, 5.74) is 5.49. The van der Waals surface area contributed by atoms with E-state index in [4.69, 9.17) is 5.73 Å². The molecule has 0 saturated heterocycles. The standard InChI is InChI=1S/C6H11N3.H3N.H2O/c1-5(2)9-4-3-8-6(9)7;;/h3-5H,1-2H3,(H2,7,8);1H3;1H2. The maximum Gasteiger partial charge on any atom is 0.200 e. The summed E-state index contributed by atoms with van der Waals surface area (Å²) in [6.45, 7) is 4.14. The lowest BCUT2D eigenvalue weighted by Gasteiger charge is -2.06. The van der Waals surface area contributed by atoms with E-state index in [-0.39, 0.29) is 11.6 Å². The van der Waals surface area contributed by atoms with Crippen molar-refractivity contribution >= 4 is 5.95 Å². The van der Waals surface area contributed by atoms with Crippen molar-refractivity contribution in [3.63, 3.8) is 0 Å². The highest BCUT2D eigenvalue weighted by atomic mass is 16.0. The van der Waals surface area contributed by atoms with E-state index in [1.165, 1.54) is 0 Å². The third kappa shape index (κ3) is 2.57. The molecule has 66 valence electrons. The predicted octanol–water partition coefficient (Wildman–Crippen LogP) is 0.383. The molecular formula is C6H16N4O. The van der Waals surface area contributed by atoms with E-state index in [0.29, 0.717) is 12.0 Å². The molecule has 0 bridgehead atoms. The van der Waals surface area contributed by atoms with E-state index < -0.39 is 0 Å². The fourth-order valence-corrected chi connectivity index (χ4v) is 0.761. The van der Waals surface area contributed by atoms with Crippen molar-refractivity contribution in [1.82, 2.24) is 15.7 Å². The van der Waals surface area contributed by atoms with Crippen LogP contribution in [0.15, 0.2) is 12.4 Å². The zero-order valence-corrected chi connectivity index (χ0v) is 6.91. The molecule has 0 amide bonds. The molecule has 0 aromatic carbocycles. The first-order valence-electron chi connectivity index (χ1n) is 3.00. The average molecular weight is 160 g/mol. The van der Waals surface area contributed by atoms with Crippen LogP contribution in [0.4, 0.5) is 5.95 Å². The molecular weight excluding hydrogens is 144 g/mol. The van der Waals surface area contributed by atoms with Crippen LogP contribution < -0.4 is 11.9 Å². The summed E-state index contributed by atoms with van der Waals surface area (Å²) in [6.07, 6.45) is 3.58. The quantitative estimate of drug-likeness (QED) is 0.619. The SMILES string of the molecule is CC(C)n1ccnc1N.N.O. The van der Waals surface area contributed by atoms with Crippen molar-refractivity contribution in [2.75, 3.05) is 5.73 Å². The zero-order valence-electron chi connectivity index (χ0n) is 6.91. The molecule has 0 aliphatic heterocycles. The summed E-state index contributed by atoms with van der Waals surface area (Å²) in [5, 5.41) is 0. The van der Waals surface area contributed by atoms with Gasteiger partial charge in [0.15, 0.2) is 5.95 Å². The minimum atomic E-state index is 0. The molecule has 1 aromatic heterocycles. The van der Waals surface area contributed by atoms with Crippen molar-refractivity contribution in [3.8, 4) is 0 Å². The Morgan fingerprint density at radius 1 is 1.55 bits per heavy atom. The van der Waals surface area contributed by atoms with Crippen LogP contribution >= 0.6 is 0 Å². The van der Waals surface area contributed by atoms with E-state index in [2.05, 4.69) is 18.8 Å². The second kappa shape index (κ2) is 4.70. The number of anilines is 1. The Morgan fingerprint density at radius 2 is 2.09 bits per heavy atom. The predicted molar refractivity (Wildman–Crippen MR) is 45.7 cm³/mol. The molecule has 5 heteroatoms. The summed E-state index contributed by atoms with van der Waals surface area (Å²) >= 11 is 0. The van der Waals surface area contributed by atoms with E-state index in [9.17, 15) is 0 Å². The number of rotatable bonds is 1. The van der Waals surface area contributed by atoms with Gasteiger partial charge in [0.1, 0.15) is 0 Å². The zero-order chi connectivity index (χ0) is 6.85. The third-order valence-corrected chi connectivity index (χ3v) is 1.25. The smallest absolute Gasteiger partial charge is 0.200 e. The van der Waals surface area contributed by atoms with Crippen molar-refractivity contribution in [3.05, 3.63) is 12.4 Å². The van der Waals surface area contributed by atoms with Crippen LogP contribution in [-0.4, -0.2) is 15.0 Å². The molecule has 0 aliphatic carbocycles. The van der Waals surface area contributed by atoms with E-state index in [1.807, 2.05) is 10.8 Å². The van der Waals surface area contributed by atoms with Crippen LogP contribution in [0.1, 0.15) is 19.9 Å². The minimum absolute atomic E-state index is 0. The van der Waals surface area contributed by atoms with E-state index >= 15 is 0 Å². The van der Waals surface area contributed by atoms with Gasteiger partial charge in [-0.1, -0.05) is 0 Å². The lowest BCUT2D eigenvalue weighted by Crippen LogP contribution is -2.03. The molecule has 0 aliphatic rings. The molecule has 1 aromatic rings. The molecule has 0 spiro atoms. The van der Waals surface area contributed by atoms with Gasteiger partial charge in [0.25, 0.3) is 0 Å². The van der Waals surface area contributed by atoms with E-state index in [1.54, 1.807) is 6.20 Å². The average Bonchev–Trinajstić information content (AvgIpc) is 2.13. The van der Waals surface area contributed by atoms with Gasteiger partial charge in [-0.25, -0.2) is 4.98 Å². The van der Waals surface area contributed by atoms with Gasteiger partial charge in [0, 0.05) is 18.4 Å². The van der Waals surface area contributed by atoms with Crippen molar-refractivity contribution in [1.29, 1.82) is 0 Å². The van der Waals surface area contributed by atoms with Gasteiger partial charge in [-0.15, -0.1) is 0 Å². The first kappa shape index (κ1) is 12.6. The van der Waals surface area contributed by atoms with Gasteiger partial charge in [-0.2, -0.15) is 0 Å². The summed E-state index contributed by atoms with van der Waals surface area (Å²) in [7, 11) is 0. The Balaban J connectivity index is 0. The second-order valence-corrected chi connectivity index (χ2v) is 2.29. The summed E-state index contributed by atoms with van der Waals surface area (Å²) < 4.78 is 1.92. The monoisotopic (exact) mass is 160 g/mol. The van der Waals surface area contributed by atoms with Crippen LogP contribution in [0.5, 0.6) is 0 Å². The maximum absolute atomic E-state index is 5.49. The lowest BCUT2D eigenvalue weighted by molar-refractivity contribution is 0.609. The molecule has 0 atom stereocenters. The molecule has 1 heterocycles. The fourth-order valence-electron chi connectivity index (χ4n) is 0.761. The summed E-state index contributed by atoms with van der Waals surface area (Å²) in [4.78, 5) is 3.88. The lowest BCUT2D eigenvalue weighted by atomic mass is 10.4. The number of nitrogens with zero attached hydrogens (tertiary/aromatic N) is 2. The Morgan fingerprint density at radius 3 is 2.27 bits per heavy atom. The Hall–Kier alpha value is -1.07. The van der Waals surface area contributed by atoms with Gasteiger partial charge in [-0.3, -0.25) is 0 Å². The van der Waals surface area contributed by atoms with Gasteiger partial charge in [0.2, 0.25) is 0 Å². The number of aromatic nitrogens is 2. The summed E-state index contributed by atoms with van der Waals surface area (Å²) in [5.74, 6) is 0.588. The van der Waals surface area contributed by atoms with E-state index in [0.717, 1.165) is 0 Å². The molecule has 0 radical (unpaired) electrons. The number of imidazole rings is 1. The van der Waals surface area contributed by atoms with Crippen LogP contribution in [0.2, 0.25) is 0 Å². The Labute approximate surface area is 66.1 Å². The molecule has 1 rings (SSSR count). The molecule has 0 unspecified atom stereocenters. The normalized spacial score (nSPS) is 8.64. The highest BCUT2D eigenvalue weighted by Crippen LogP contribution is 2.07. The van der Waals surface area contributed by atoms with Crippen molar-refractivity contribution in [2.45, 2.75) is 19.9 Å². The number of hydrogen-bond acceptors (Lipinski definition) is 3. The first-order chi connectivity index (χ1) is 4.22. The van der Waals surface area contributed by atoms with Crippen LogP contribution in [-0.2, 0) is 0 Å². The van der Waals surface area contributed by atoms with Crippen LogP contribution in [0.25, 0.3) is 0 Å². The maximum atomic E-state index is 5.49. The number of nitrogens with two attached hydrogens (primary N) is 1.